The van der Waals surface area contributed by atoms with Crippen molar-refractivity contribution in [3.8, 4) is 11.5 Å². The maximum absolute atomic E-state index is 12.2. The molecule has 0 saturated heterocycles. The van der Waals surface area contributed by atoms with Crippen LogP contribution < -0.4 is 0 Å². The molecular weight excluding hydrogens is 324 g/mol. The van der Waals surface area contributed by atoms with Crippen LogP contribution in [0.2, 0.25) is 0 Å². The van der Waals surface area contributed by atoms with E-state index in [1.165, 1.54) is 11.8 Å². The molecule has 0 unspecified atom stereocenters. The lowest BCUT2D eigenvalue weighted by atomic mass is 10.1. The number of aryl methyl sites for hydroxylation is 1. The Balaban J connectivity index is 1.68. The summed E-state index contributed by atoms with van der Waals surface area (Å²) in [5.74, 6) is 0.269. The van der Waals surface area contributed by atoms with Crippen LogP contribution in [0.1, 0.15) is 21.8 Å². The van der Waals surface area contributed by atoms with E-state index in [-0.39, 0.29) is 12.5 Å². The van der Waals surface area contributed by atoms with Gasteiger partial charge in [0.05, 0.1) is 5.56 Å². The van der Waals surface area contributed by atoms with Crippen molar-refractivity contribution < 1.29 is 13.9 Å². The van der Waals surface area contributed by atoms with Gasteiger partial charge in [-0.2, -0.15) is 0 Å². The van der Waals surface area contributed by atoms with Gasteiger partial charge in [0.2, 0.25) is 5.89 Å². The highest BCUT2D eigenvalue weighted by molar-refractivity contribution is 7.98. The number of hydrogen-bond acceptors (Lipinski definition) is 6. The fourth-order valence-electron chi connectivity index (χ4n) is 2.22. The van der Waals surface area contributed by atoms with Gasteiger partial charge in [-0.15, -0.1) is 22.0 Å². The number of ether oxygens (including phenoxy) is 1. The van der Waals surface area contributed by atoms with Gasteiger partial charge in [-0.1, -0.05) is 29.8 Å². The molecule has 2 aromatic carbocycles. The van der Waals surface area contributed by atoms with E-state index in [1.54, 1.807) is 12.1 Å². The number of aromatic nitrogens is 2. The molecule has 0 aliphatic carbocycles. The zero-order valence-electron chi connectivity index (χ0n) is 13.4. The number of hydrogen-bond donors (Lipinski definition) is 0. The predicted molar refractivity (Wildman–Crippen MR) is 91.8 cm³/mol. The van der Waals surface area contributed by atoms with Gasteiger partial charge in [0.25, 0.3) is 5.89 Å². The van der Waals surface area contributed by atoms with Crippen LogP contribution in [0.15, 0.2) is 57.8 Å². The number of thioether (sulfide) groups is 1. The summed E-state index contributed by atoms with van der Waals surface area (Å²) in [5, 5.41) is 7.93. The first-order valence-corrected chi connectivity index (χ1v) is 8.59. The summed E-state index contributed by atoms with van der Waals surface area (Å²) >= 11 is 1.50. The summed E-state index contributed by atoms with van der Waals surface area (Å²) in [5.41, 5.74) is 2.48. The minimum Gasteiger partial charge on any atom is -0.452 e. The summed E-state index contributed by atoms with van der Waals surface area (Å²) in [6.07, 6.45) is 1.91. The zero-order chi connectivity index (χ0) is 16.9. The quantitative estimate of drug-likeness (QED) is 0.514. The molecule has 0 aliphatic heterocycles. The van der Waals surface area contributed by atoms with Crippen LogP contribution in [0.5, 0.6) is 0 Å². The second-order valence-corrected chi connectivity index (χ2v) is 5.99. The molecule has 24 heavy (non-hydrogen) atoms. The van der Waals surface area contributed by atoms with Crippen LogP contribution in [0.3, 0.4) is 0 Å². The second kappa shape index (κ2) is 7.31. The van der Waals surface area contributed by atoms with Crippen LogP contribution in [0, 0.1) is 6.92 Å². The van der Waals surface area contributed by atoms with E-state index < -0.39 is 5.97 Å². The van der Waals surface area contributed by atoms with Crippen LogP contribution in [0.25, 0.3) is 11.5 Å². The third-order valence-electron chi connectivity index (χ3n) is 3.39. The van der Waals surface area contributed by atoms with Crippen LogP contribution in [-0.2, 0) is 11.3 Å². The van der Waals surface area contributed by atoms with Gasteiger partial charge in [0, 0.05) is 10.5 Å². The van der Waals surface area contributed by atoms with E-state index in [4.69, 9.17) is 9.15 Å². The monoisotopic (exact) mass is 340 g/mol. The molecular formula is C18H16N2O3S. The van der Waals surface area contributed by atoms with Crippen molar-refractivity contribution in [2.45, 2.75) is 18.4 Å². The lowest BCUT2D eigenvalue weighted by molar-refractivity contribution is 0.0434. The summed E-state index contributed by atoms with van der Waals surface area (Å²) in [7, 11) is 0. The molecule has 3 rings (SSSR count). The molecule has 5 nitrogen and oxygen atoms in total. The average Bonchev–Trinajstić information content (AvgIpc) is 3.08. The molecule has 0 aliphatic rings. The third-order valence-corrected chi connectivity index (χ3v) is 4.18. The lowest BCUT2D eigenvalue weighted by Crippen LogP contribution is -2.06. The van der Waals surface area contributed by atoms with E-state index in [0.29, 0.717) is 11.5 Å². The van der Waals surface area contributed by atoms with Crippen LogP contribution in [-0.4, -0.2) is 22.4 Å². The highest BCUT2D eigenvalue weighted by Crippen LogP contribution is 2.22. The molecule has 0 saturated carbocycles. The number of esters is 1. The van der Waals surface area contributed by atoms with Crippen molar-refractivity contribution in [2.24, 2.45) is 0 Å². The number of benzene rings is 2. The van der Waals surface area contributed by atoms with Crippen LogP contribution in [0.4, 0.5) is 0 Å². The average molecular weight is 340 g/mol. The molecule has 0 atom stereocenters. The van der Waals surface area contributed by atoms with Crippen molar-refractivity contribution in [3.63, 3.8) is 0 Å². The normalized spacial score (nSPS) is 10.6. The van der Waals surface area contributed by atoms with Gasteiger partial charge in [0.1, 0.15) is 0 Å². The molecule has 0 bridgehead atoms. The Kier molecular flexibility index (Phi) is 4.96. The smallest absolute Gasteiger partial charge is 0.339 e. The zero-order valence-corrected chi connectivity index (χ0v) is 14.2. The molecule has 0 spiro atoms. The van der Waals surface area contributed by atoms with Crippen molar-refractivity contribution >= 4 is 17.7 Å². The Bertz CT molecular complexity index is 861. The largest absolute Gasteiger partial charge is 0.452 e. The van der Waals surface area contributed by atoms with Crippen molar-refractivity contribution in [1.29, 1.82) is 0 Å². The lowest BCUT2D eigenvalue weighted by Gasteiger charge is -2.06. The standard InChI is InChI=1S/C18H16N2O3S/c1-12-6-5-7-13(10-12)17-20-19-16(23-17)11-22-18(21)14-8-3-4-9-15(14)24-2/h3-10H,11H2,1-2H3. The summed E-state index contributed by atoms with van der Waals surface area (Å²) in [4.78, 5) is 13.1. The highest BCUT2D eigenvalue weighted by atomic mass is 32.2. The maximum atomic E-state index is 12.2. The Morgan fingerprint density at radius 2 is 2.00 bits per heavy atom. The first kappa shape index (κ1) is 16.3. The molecule has 1 heterocycles. The minimum absolute atomic E-state index is 0.0552. The topological polar surface area (TPSA) is 65.2 Å². The fraction of sp³-hybridized carbons (Fsp3) is 0.167. The van der Waals surface area contributed by atoms with Gasteiger partial charge < -0.3 is 9.15 Å². The Morgan fingerprint density at radius 1 is 1.17 bits per heavy atom. The Hall–Kier alpha value is -2.60. The molecule has 0 amide bonds. The summed E-state index contributed by atoms with van der Waals surface area (Å²) < 4.78 is 10.8. The first-order valence-electron chi connectivity index (χ1n) is 7.37. The van der Waals surface area contributed by atoms with Crippen molar-refractivity contribution in [3.05, 3.63) is 65.5 Å². The molecule has 122 valence electrons. The van der Waals surface area contributed by atoms with E-state index in [2.05, 4.69) is 10.2 Å². The van der Waals surface area contributed by atoms with Crippen LogP contribution >= 0.6 is 11.8 Å². The molecule has 1 aromatic heterocycles. The molecule has 0 radical (unpaired) electrons. The van der Waals surface area contributed by atoms with E-state index in [1.807, 2.05) is 49.6 Å². The van der Waals surface area contributed by atoms with Crippen molar-refractivity contribution in [2.75, 3.05) is 6.26 Å². The number of carbonyl (C=O) groups excluding carboxylic acids is 1. The number of rotatable bonds is 5. The predicted octanol–water partition coefficient (Wildman–Crippen LogP) is 4.12. The summed E-state index contributed by atoms with van der Waals surface area (Å²) in [6.45, 7) is 1.94. The van der Waals surface area contributed by atoms with E-state index in [9.17, 15) is 4.79 Å². The first-order chi connectivity index (χ1) is 11.7. The molecule has 3 aromatic rings. The fourth-order valence-corrected chi connectivity index (χ4v) is 2.81. The van der Waals surface area contributed by atoms with Gasteiger partial charge in [-0.25, -0.2) is 4.79 Å². The van der Waals surface area contributed by atoms with Gasteiger partial charge in [-0.3, -0.25) is 0 Å². The van der Waals surface area contributed by atoms with Crippen molar-refractivity contribution in [1.82, 2.24) is 10.2 Å². The number of carbonyl (C=O) groups is 1. The Labute approximate surface area is 144 Å². The molecule has 0 fully saturated rings. The Morgan fingerprint density at radius 3 is 2.79 bits per heavy atom. The van der Waals surface area contributed by atoms with E-state index in [0.717, 1.165) is 16.0 Å². The third kappa shape index (κ3) is 3.65. The highest BCUT2D eigenvalue weighted by Gasteiger charge is 2.14. The molecule has 6 heteroatoms. The van der Waals surface area contributed by atoms with Gasteiger partial charge in [0.15, 0.2) is 6.61 Å². The van der Waals surface area contributed by atoms with E-state index >= 15 is 0 Å². The number of nitrogens with zero attached hydrogens (tertiary/aromatic N) is 2. The summed E-state index contributed by atoms with van der Waals surface area (Å²) in [6, 6.07) is 15.1. The minimum atomic E-state index is -0.407. The van der Waals surface area contributed by atoms with Gasteiger partial charge >= 0.3 is 5.97 Å². The molecule has 0 N–H and O–H groups in total. The SMILES string of the molecule is CSc1ccccc1C(=O)OCc1nnc(-c2cccc(C)c2)o1. The maximum Gasteiger partial charge on any atom is 0.339 e. The second-order valence-electron chi connectivity index (χ2n) is 5.15. The van der Waals surface area contributed by atoms with Gasteiger partial charge in [-0.05, 0) is 37.4 Å².